The summed E-state index contributed by atoms with van der Waals surface area (Å²) in [6.07, 6.45) is 12.5. The Labute approximate surface area is 140 Å². The van der Waals surface area contributed by atoms with Crippen LogP contribution in [-0.4, -0.2) is 34.7 Å². The van der Waals surface area contributed by atoms with Gasteiger partial charge in [0.2, 0.25) is 11.6 Å². The molecule has 6 heteroatoms. The lowest BCUT2D eigenvalue weighted by Gasteiger charge is -2.23. The van der Waals surface area contributed by atoms with Gasteiger partial charge in [0.05, 0.1) is 0 Å². The molecule has 0 aromatic rings. The molecular weight excluding hydrogens is 312 g/mol. The third-order valence-electron chi connectivity index (χ3n) is 3.24. The molecule has 0 heterocycles. The molecule has 2 aliphatic carbocycles. The number of hydrogen-bond donors (Lipinski definition) is 0. The van der Waals surface area contributed by atoms with Gasteiger partial charge in [-0.15, -0.1) is 0 Å². The van der Waals surface area contributed by atoms with Crippen LogP contribution in [0.1, 0.15) is 27.7 Å². The monoisotopic (exact) mass is 332 g/mol. The molecule has 0 spiro atoms. The first-order valence-corrected chi connectivity index (χ1v) is 7.29. The number of rotatable bonds is 2. The Bertz CT molecular complexity index is 609. The lowest BCUT2D eigenvalue weighted by molar-refractivity contribution is -0.157. The molecule has 0 aromatic carbocycles. The van der Waals surface area contributed by atoms with Crippen LogP contribution in [0.2, 0.25) is 0 Å². The van der Waals surface area contributed by atoms with Crippen LogP contribution in [0.15, 0.2) is 48.6 Å². The minimum atomic E-state index is -1.10. The lowest BCUT2D eigenvalue weighted by atomic mass is 9.96. The van der Waals surface area contributed by atoms with Crippen LogP contribution in [0.5, 0.6) is 0 Å². The first kappa shape index (κ1) is 19.3. The fourth-order valence-corrected chi connectivity index (χ4v) is 2.03. The Hall–Kier alpha value is -2.76. The molecule has 0 unspecified atom stereocenters. The highest BCUT2D eigenvalue weighted by Crippen LogP contribution is 2.19. The van der Waals surface area contributed by atoms with Gasteiger partial charge in [-0.2, -0.15) is 0 Å². The second-order valence-electron chi connectivity index (χ2n) is 5.57. The number of hydrogen-bond acceptors (Lipinski definition) is 6. The highest BCUT2D eigenvalue weighted by Gasteiger charge is 2.33. The minimum Gasteiger partial charge on any atom is -0.447 e. The van der Waals surface area contributed by atoms with Crippen molar-refractivity contribution in [3.8, 4) is 0 Å². The molecule has 6 nitrogen and oxygen atoms in total. The highest BCUT2D eigenvalue weighted by atomic mass is 16.6. The number of carbonyl (C=O) groups is 4. The van der Waals surface area contributed by atoms with Crippen molar-refractivity contribution in [1.82, 2.24) is 0 Å². The predicted molar refractivity (Wildman–Crippen MR) is 86.9 cm³/mol. The molecule has 2 atom stereocenters. The van der Waals surface area contributed by atoms with E-state index in [9.17, 15) is 19.2 Å². The smallest absolute Gasteiger partial charge is 0.303 e. The summed E-state index contributed by atoms with van der Waals surface area (Å²) in [5.74, 6) is -1.32. The molecule has 0 radical (unpaired) electrons. The van der Waals surface area contributed by atoms with E-state index in [4.69, 9.17) is 9.47 Å². The normalized spacial score (nSPS) is 27.3. The molecule has 0 bridgehead atoms. The molecule has 0 N–H and O–H groups in total. The molecule has 0 aliphatic heterocycles. The van der Waals surface area contributed by atoms with E-state index in [1.807, 2.05) is 0 Å². The minimum absolute atomic E-state index is 0.208. The van der Waals surface area contributed by atoms with Crippen molar-refractivity contribution in [2.24, 2.45) is 0 Å². The number of allylic oxidation sites excluding steroid dienone is 4. The van der Waals surface area contributed by atoms with Crippen LogP contribution in [0, 0.1) is 0 Å². The molecule has 2 rings (SSSR count). The number of ketones is 2. The Morgan fingerprint density at radius 2 is 1.08 bits per heavy atom. The Balaban J connectivity index is 0.000000240. The summed E-state index contributed by atoms with van der Waals surface area (Å²) in [5, 5.41) is 0. The van der Waals surface area contributed by atoms with E-state index in [2.05, 4.69) is 0 Å². The fraction of sp³-hybridized carbons (Fsp3) is 0.333. The molecular formula is C18H20O6. The summed E-state index contributed by atoms with van der Waals surface area (Å²) in [4.78, 5) is 43.7. The van der Waals surface area contributed by atoms with E-state index in [1.54, 1.807) is 50.3 Å². The lowest BCUT2D eigenvalue weighted by Crippen LogP contribution is -2.37. The second kappa shape index (κ2) is 7.68. The third-order valence-corrected chi connectivity index (χ3v) is 3.24. The molecule has 0 saturated carbocycles. The Morgan fingerprint density at radius 3 is 1.33 bits per heavy atom. The maximum atomic E-state index is 11.2. The van der Waals surface area contributed by atoms with Crippen LogP contribution in [0.4, 0.5) is 0 Å². The van der Waals surface area contributed by atoms with E-state index in [1.165, 1.54) is 26.0 Å². The summed E-state index contributed by atoms with van der Waals surface area (Å²) in [7, 11) is 0. The summed E-state index contributed by atoms with van der Waals surface area (Å²) in [5.41, 5.74) is -2.19. The first-order valence-electron chi connectivity index (χ1n) is 7.29. The van der Waals surface area contributed by atoms with Gasteiger partial charge in [-0.05, 0) is 38.2 Å². The predicted octanol–water partition coefficient (Wildman–Crippen LogP) is 2.01. The van der Waals surface area contributed by atoms with Gasteiger partial charge < -0.3 is 9.47 Å². The number of carbonyl (C=O) groups excluding carboxylic acids is 4. The van der Waals surface area contributed by atoms with Gasteiger partial charge in [0, 0.05) is 13.8 Å². The zero-order chi connectivity index (χ0) is 18.4. The maximum absolute atomic E-state index is 11.2. The average molecular weight is 332 g/mol. The molecule has 0 fully saturated rings. The molecule has 24 heavy (non-hydrogen) atoms. The van der Waals surface area contributed by atoms with Crippen molar-refractivity contribution in [2.75, 3.05) is 0 Å². The molecule has 0 aromatic heterocycles. The summed E-state index contributed by atoms with van der Waals surface area (Å²) in [6, 6.07) is 0. The van der Waals surface area contributed by atoms with Crippen molar-refractivity contribution in [3.63, 3.8) is 0 Å². The van der Waals surface area contributed by atoms with Crippen LogP contribution in [0.3, 0.4) is 0 Å². The van der Waals surface area contributed by atoms with Crippen molar-refractivity contribution in [3.05, 3.63) is 48.6 Å². The fourth-order valence-electron chi connectivity index (χ4n) is 2.03. The van der Waals surface area contributed by atoms with Gasteiger partial charge in [-0.3, -0.25) is 19.2 Å². The van der Waals surface area contributed by atoms with Crippen molar-refractivity contribution >= 4 is 23.5 Å². The van der Waals surface area contributed by atoms with Gasteiger partial charge in [0.1, 0.15) is 0 Å². The quantitative estimate of drug-likeness (QED) is 0.719. The average Bonchev–Trinajstić information content (AvgIpc) is 2.45. The number of ether oxygens (including phenoxy) is 2. The standard InChI is InChI=1S/2C9H10O3/c2*1-7(10)12-9(2)6-4-3-5-8(9)11/h2*3-6H,1-2H3/t2*9-/m10/s1. The first-order chi connectivity index (χ1) is 11.1. The van der Waals surface area contributed by atoms with E-state index < -0.39 is 23.1 Å². The van der Waals surface area contributed by atoms with Crippen molar-refractivity contribution in [1.29, 1.82) is 0 Å². The van der Waals surface area contributed by atoms with E-state index >= 15 is 0 Å². The summed E-state index contributed by atoms with van der Waals surface area (Å²) < 4.78 is 9.73. The van der Waals surface area contributed by atoms with Crippen LogP contribution in [-0.2, 0) is 28.7 Å². The van der Waals surface area contributed by atoms with E-state index in [0.29, 0.717) is 0 Å². The topological polar surface area (TPSA) is 86.7 Å². The van der Waals surface area contributed by atoms with E-state index in [0.717, 1.165) is 0 Å². The summed E-state index contributed by atoms with van der Waals surface area (Å²) in [6.45, 7) is 5.70. The van der Waals surface area contributed by atoms with Crippen LogP contribution < -0.4 is 0 Å². The largest absolute Gasteiger partial charge is 0.447 e. The van der Waals surface area contributed by atoms with Gasteiger partial charge in [0.15, 0.2) is 11.2 Å². The van der Waals surface area contributed by atoms with Crippen LogP contribution >= 0.6 is 0 Å². The number of esters is 2. The second-order valence-corrected chi connectivity index (χ2v) is 5.57. The van der Waals surface area contributed by atoms with Crippen molar-refractivity contribution in [2.45, 2.75) is 38.9 Å². The Morgan fingerprint density at radius 1 is 0.750 bits per heavy atom. The third kappa shape index (κ3) is 5.15. The molecule has 2 aliphatic rings. The van der Waals surface area contributed by atoms with E-state index in [-0.39, 0.29) is 11.6 Å². The Kier molecular flexibility index (Phi) is 6.17. The zero-order valence-corrected chi connectivity index (χ0v) is 14.1. The summed E-state index contributed by atoms with van der Waals surface area (Å²) >= 11 is 0. The molecule has 0 saturated heterocycles. The van der Waals surface area contributed by atoms with Crippen molar-refractivity contribution < 1.29 is 28.7 Å². The molecule has 0 amide bonds. The maximum Gasteiger partial charge on any atom is 0.303 e. The van der Waals surface area contributed by atoms with Gasteiger partial charge in [-0.25, -0.2) is 0 Å². The van der Waals surface area contributed by atoms with Crippen LogP contribution in [0.25, 0.3) is 0 Å². The molecule has 128 valence electrons. The van der Waals surface area contributed by atoms with Gasteiger partial charge in [0.25, 0.3) is 0 Å². The highest BCUT2D eigenvalue weighted by molar-refractivity contribution is 6.01. The van der Waals surface area contributed by atoms with Gasteiger partial charge in [-0.1, -0.05) is 24.3 Å². The zero-order valence-electron chi connectivity index (χ0n) is 14.1. The SMILES string of the molecule is CC(=O)O[C@@]1(C)C=CC=CC1=O.CC(=O)O[C@]1(C)C=CC=CC1=O. The van der Waals surface area contributed by atoms with Gasteiger partial charge >= 0.3 is 11.9 Å².